The molecule has 0 unspecified atom stereocenters. The molecule has 2 atom stereocenters. The van der Waals surface area contributed by atoms with Crippen molar-refractivity contribution < 1.29 is 13.2 Å². The van der Waals surface area contributed by atoms with Gasteiger partial charge in [0.2, 0.25) is 10.0 Å². The van der Waals surface area contributed by atoms with Crippen LogP contribution in [-0.2, 0) is 16.6 Å². The summed E-state index contributed by atoms with van der Waals surface area (Å²) in [7, 11) is -3.64. The molecule has 0 spiro atoms. The van der Waals surface area contributed by atoms with Gasteiger partial charge in [-0.3, -0.25) is 4.79 Å². The normalized spacial score (nSPS) is 22.9. The van der Waals surface area contributed by atoms with Crippen LogP contribution in [0.2, 0.25) is 0 Å². The number of amides is 1. The lowest BCUT2D eigenvalue weighted by Crippen LogP contribution is -2.37. The highest BCUT2D eigenvalue weighted by Gasteiger charge is 2.53. The first-order valence-electron chi connectivity index (χ1n) is 14.0. The molecule has 1 saturated carbocycles. The lowest BCUT2D eigenvalue weighted by Gasteiger charge is -2.39. The molecule has 4 aromatic rings. The van der Waals surface area contributed by atoms with Crippen LogP contribution in [0.1, 0.15) is 62.9 Å². The quantitative estimate of drug-likeness (QED) is 0.228. The molecule has 1 aliphatic heterocycles. The van der Waals surface area contributed by atoms with E-state index in [4.69, 9.17) is 0 Å². The third-order valence-corrected chi connectivity index (χ3v) is 10.5. The Balaban J connectivity index is 1.16. The highest BCUT2D eigenvalue weighted by Crippen LogP contribution is 2.53. The molecule has 2 aliphatic rings. The Morgan fingerprint density at radius 1 is 1.00 bits per heavy atom. The largest absolute Gasteiger partial charge is 0.341 e. The first-order chi connectivity index (χ1) is 19.0. The van der Waals surface area contributed by atoms with Gasteiger partial charge in [0.05, 0.1) is 11.1 Å². The van der Waals surface area contributed by atoms with Crippen LogP contribution in [0.25, 0.3) is 21.8 Å². The molecule has 1 amide bonds. The van der Waals surface area contributed by atoms with Gasteiger partial charge >= 0.3 is 0 Å². The zero-order valence-electron chi connectivity index (χ0n) is 23.5. The Morgan fingerprint density at radius 2 is 1.73 bits per heavy atom. The number of benzene rings is 3. The van der Waals surface area contributed by atoms with Crippen LogP contribution < -0.4 is 5.43 Å². The number of hydrogen-bond donors (Lipinski definition) is 1. The van der Waals surface area contributed by atoms with Crippen LogP contribution in [0.15, 0.2) is 76.7 Å². The maximum Gasteiger partial charge on any atom is 0.271 e. The van der Waals surface area contributed by atoms with Gasteiger partial charge in [0, 0.05) is 46.5 Å². The molecule has 1 aliphatic carbocycles. The number of carbonyl (C=O) groups excluding carboxylic acids is 1. The van der Waals surface area contributed by atoms with Gasteiger partial charge in [0.25, 0.3) is 5.91 Å². The van der Waals surface area contributed by atoms with Crippen LogP contribution in [0.3, 0.4) is 0 Å². The molecule has 1 N–H and O–H groups in total. The maximum absolute atomic E-state index is 13.5. The van der Waals surface area contributed by atoms with E-state index in [1.807, 2.05) is 18.2 Å². The van der Waals surface area contributed by atoms with E-state index < -0.39 is 15.9 Å². The third kappa shape index (κ3) is 4.63. The van der Waals surface area contributed by atoms with Gasteiger partial charge in [0.15, 0.2) is 0 Å². The average Bonchev–Trinajstić information content (AvgIpc) is 3.38. The van der Waals surface area contributed by atoms with E-state index >= 15 is 0 Å². The average molecular weight is 557 g/mol. The van der Waals surface area contributed by atoms with Crippen molar-refractivity contribution in [2.45, 2.75) is 64.4 Å². The fourth-order valence-electron chi connectivity index (χ4n) is 7.33. The van der Waals surface area contributed by atoms with Gasteiger partial charge in [-0.1, -0.05) is 45.0 Å². The van der Waals surface area contributed by atoms with Gasteiger partial charge < -0.3 is 4.57 Å². The van der Waals surface area contributed by atoms with Crippen LogP contribution in [-0.4, -0.2) is 42.0 Å². The van der Waals surface area contributed by atoms with Crippen LogP contribution in [0.4, 0.5) is 0 Å². The van der Waals surface area contributed by atoms with Gasteiger partial charge in [-0.15, -0.1) is 0 Å². The molecule has 8 heteroatoms. The van der Waals surface area contributed by atoms with Gasteiger partial charge in [0.1, 0.15) is 0 Å². The van der Waals surface area contributed by atoms with E-state index in [1.165, 1.54) is 23.0 Å². The third-order valence-electron chi connectivity index (χ3n) is 8.58. The Bertz CT molecular complexity index is 1750. The summed E-state index contributed by atoms with van der Waals surface area (Å²) in [5.41, 5.74) is 6.29. The van der Waals surface area contributed by atoms with Crippen molar-refractivity contribution in [2.24, 2.45) is 15.9 Å². The van der Waals surface area contributed by atoms with E-state index in [0.29, 0.717) is 12.1 Å². The summed E-state index contributed by atoms with van der Waals surface area (Å²) >= 11 is 0. The van der Waals surface area contributed by atoms with Crippen LogP contribution in [0, 0.1) is 10.8 Å². The molecule has 3 aromatic carbocycles. The van der Waals surface area contributed by atoms with Crippen molar-refractivity contribution >= 4 is 44.0 Å². The molecule has 7 nitrogen and oxygen atoms in total. The zero-order chi connectivity index (χ0) is 28.3. The summed E-state index contributed by atoms with van der Waals surface area (Å²) in [6.45, 7) is 10.2. The highest BCUT2D eigenvalue weighted by atomic mass is 32.2. The summed E-state index contributed by atoms with van der Waals surface area (Å²) < 4.78 is 31.0. The first kappa shape index (κ1) is 26.7. The first-order valence-corrected chi connectivity index (χ1v) is 15.4. The standard InChI is InChI=1S/C32H36N4O3S/c1-5-35-28-9-7-6-8-26(28)27-16-22(10-15-29(27)35)19-33-34-30(37)23-11-13-25(14-12-23)40(38,39)36-21-32(4)18-24(36)17-31(2,3)20-32/h6-16,19,24H,5,17-18,20-21H2,1-4H3,(H,34,37)/b33-19-/t24-,32+/m1/s1. The summed E-state index contributed by atoms with van der Waals surface area (Å²) in [6, 6.07) is 20.7. The minimum atomic E-state index is -3.64. The van der Waals surface area contributed by atoms with Crippen molar-refractivity contribution in [3.05, 3.63) is 77.9 Å². The number of hydrogen-bond acceptors (Lipinski definition) is 4. The Hall–Kier alpha value is -3.49. The molecule has 2 bridgehead atoms. The number of rotatable bonds is 6. The second-order valence-corrected chi connectivity index (χ2v) is 14.4. The van der Waals surface area contributed by atoms with E-state index in [9.17, 15) is 13.2 Å². The number of carbonyl (C=O) groups is 1. The maximum atomic E-state index is 13.5. The molecule has 2 heterocycles. The molecule has 1 saturated heterocycles. The molecule has 1 aromatic heterocycles. The van der Waals surface area contributed by atoms with Gasteiger partial charge in [-0.25, -0.2) is 13.8 Å². The lowest BCUT2D eigenvalue weighted by molar-refractivity contribution is 0.0955. The van der Waals surface area contributed by atoms with E-state index in [0.717, 1.165) is 42.3 Å². The monoisotopic (exact) mass is 556 g/mol. The lowest BCUT2D eigenvalue weighted by atomic mass is 9.65. The topological polar surface area (TPSA) is 83.8 Å². The Kier molecular flexibility index (Phi) is 6.39. The number of nitrogens with zero attached hydrogens (tertiary/aromatic N) is 3. The van der Waals surface area contributed by atoms with Gasteiger partial charge in [-0.05, 0) is 85.0 Å². The van der Waals surface area contributed by atoms with Crippen molar-refractivity contribution in [2.75, 3.05) is 6.54 Å². The fourth-order valence-corrected chi connectivity index (χ4v) is 9.10. The van der Waals surface area contributed by atoms with E-state index in [-0.39, 0.29) is 21.8 Å². The number of sulfonamides is 1. The minimum Gasteiger partial charge on any atom is -0.341 e. The second-order valence-electron chi connectivity index (χ2n) is 12.5. The summed E-state index contributed by atoms with van der Waals surface area (Å²) in [5.74, 6) is -0.393. The molecule has 0 radical (unpaired) electrons. The smallest absolute Gasteiger partial charge is 0.271 e. The molecule has 2 fully saturated rings. The number of hydrazone groups is 1. The van der Waals surface area contributed by atoms with Crippen molar-refractivity contribution in [1.29, 1.82) is 0 Å². The minimum absolute atomic E-state index is 0.00885. The molecular formula is C32H36N4O3S. The molecular weight excluding hydrogens is 520 g/mol. The number of para-hydroxylation sites is 1. The summed E-state index contributed by atoms with van der Waals surface area (Å²) in [6.07, 6.45) is 4.43. The van der Waals surface area contributed by atoms with E-state index in [1.54, 1.807) is 22.7 Å². The molecule has 208 valence electrons. The number of aromatic nitrogens is 1. The summed E-state index contributed by atoms with van der Waals surface area (Å²) in [4.78, 5) is 13.0. The predicted octanol–water partition coefficient (Wildman–Crippen LogP) is 6.17. The highest BCUT2D eigenvalue weighted by molar-refractivity contribution is 7.89. The van der Waals surface area contributed by atoms with Gasteiger partial charge in [-0.2, -0.15) is 9.41 Å². The second kappa shape index (κ2) is 9.56. The molecule has 6 rings (SSSR count). The molecule has 40 heavy (non-hydrogen) atoms. The fraction of sp³-hybridized carbons (Fsp3) is 0.375. The van der Waals surface area contributed by atoms with Crippen molar-refractivity contribution in [3.8, 4) is 0 Å². The van der Waals surface area contributed by atoms with E-state index in [2.05, 4.69) is 67.1 Å². The Morgan fingerprint density at radius 3 is 2.48 bits per heavy atom. The van der Waals surface area contributed by atoms with Crippen LogP contribution >= 0.6 is 0 Å². The Labute approximate surface area is 235 Å². The number of fused-ring (bicyclic) bond motifs is 5. The summed E-state index contributed by atoms with van der Waals surface area (Å²) in [5, 5.41) is 6.49. The van der Waals surface area contributed by atoms with Crippen LogP contribution in [0.5, 0.6) is 0 Å². The SMILES string of the molecule is CCn1c2ccccc2c2cc(/C=N\NC(=O)c3ccc(S(=O)(=O)N4C[C@@]5(C)C[C@H]4CC(C)(C)C5)cc3)ccc21. The number of nitrogens with one attached hydrogen (secondary N) is 1. The van der Waals surface area contributed by atoms with Crippen molar-refractivity contribution in [3.63, 3.8) is 0 Å². The number of aryl methyl sites for hydroxylation is 1. The predicted molar refractivity (Wildman–Crippen MR) is 160 cm³/mol. The van der Waals surface area contributed by atoms with Crippen molar-refractivity contribution in [1.82, 2.24) is 14.3 Å². The zero-order valence-corrected chi connectivity index (χ0v) is 24.3.